The highest BCUT2D eigenvalue weighted by molar-refractivity contribution is 7.80. The molecule has 0 spiro atoms. The average Bonchev–Trinajstić information content (AvgIpc) is 2.45. The lowest BCUT2D eigenvalue weighted by molar-refractivity contribution is 0.0690. The van der Waals surface area contributed by atoms with E-state index >= 15 is 0 Å². The standard InChI is InChI=1S/C7H5N4O2S/c1-3-8-7-9-4(6(12)13)2-5(14)11(7)10-3/h2H,1H3,(H,12,13). The van der Waals surface area contributed by atoms with Gasteiger partial charge in [-0.3, -0.25) is 0 Å². The molecule has 0 saturated carbocycles. The van der Waals surface area contributed by atoms with Crippen LogP contribution in [-0.4, -0.2) is 30.7 Å². The number of carbonyl (C=O) groups is 1. The van der Waals surface area contributed by atoms with Crippen LogP contribution in [0.25, 0.3) is 5.78 Å². The first-order valence-corrected chi connectivity index (χ1v) is 4.13. The van der Waals surface area contributed by atoms with E-state index in [1.165, 1.54) is 10.6 Å². The molecule has 0 bridgehead atoms. The van der Waals surface area contributed by atoms with Crippen LogP contribution in [0.2, 0.25) is 0 Å². The van der Waals surface area contributed by atoms with Crippen LogP contribution in [0.1, 0.15) is 16.3 Å². The van der Waals surface area contributed by atoms with Crippen molar-refractivity contribution in [3.05, 3.63) is 17.6 Å². The highest BCUT2D eigenvalue weighted by atomic mass is 32.1. The Balaban J connectivity index is 2.77. The third-order valence-corrected chi connectivity index (χ3v) is 1.90. The zero-order chi connectivity index (χ0) is 10.3. The van der Waals surface area contributed by atoms with Crippen molar-refractivity contribution in [2.24, 2.45) is 0 Å². The molecule has 0 aliphatic carbocycles. The van der Waals surface area contributed by atoms with Crippen molar-refractivity contribution in [2.45, 2.75) is 11.9 Å². The molecule has 2 rings (SSSR count). The summed E-state index contributed by atoms with van der Waals surface area (Å²) in [6.07, 6.45) is 0. The van der Waals surface area contributed by atoms with Gasteiger partial charge in [0, 0.05) is 6.07 Å². The van der Waals surface area contributed by atoms with Gasteiger partial charge in [0.2, 0.25) is 0 Å². The molecule has 6 nitrogen and oxygen atoms in total. The van der Waals surface area contributed by atoms with Crippen LogP contribution < -0.4 is 0 Å². The fourth-order valence-corrected chi connectivity index (χ4v) is 1.29. The van der Waals surface area contributed by atoms with E-state index in [9.17, 15) is 4.79 Å². The molecule has 0 aliphatic heterocycles. The second-order valence-corrected chi connectivity index (χ2v) is 3.07. The summed E-state index contributed by atoms with van der Waals surface area (Å²) in [5.74, 6) is -0.405. The number of carboxylic acid groups (broad SMARTS) is 1. The highest BCUT2D eigenvalue weighted by Crippen LogP contribution is 2.09. The van der Waals surface area contributed by atoms with E-state index in [1.54, 1.807) is 6.92 Å². The number of rotatable bonds is 1. The highest BCUT2D eigenvalue weighted by Gasteiger charge is 2.11. The first-order valence-electron chi connectivity index (χ1n) is 3.72. The van der Waals surface area contributed by atoms with Gasteiger partial charge in [0.1, 0.15) is 10.9 Å². The maximum absolute atomic E-state index is 10.6. The molecule has 2 aromatic rings. The number of aromatic nitrogens is 4. The van der Waals surface area contributed by atoms with Crippen molar-refractivity contribution >= 4 is 24.4 Å². The number of hydrogen-bond acceptors (Lipinski definition) is 4. The Labute approximate surface area is 84.0 Å². The van der Waals surface area contributed by atoms with Gasteiger partial charge in [-0.05, 0) is 6.92 Å². The Hall–Kier alpha value is -1.76. The molecule has 1 N–H and O–H groups in total. The average molecular weight is 209 g/mol. The van der Waals surface area contributed by atoms with E-state index in [0.717, 1.165) is 0 Å². The van der Waals surface area contributed by atoms with Crippen molar-refractivity contribution in [1.29, 1.82) is 0 Å². The molecule has 71 valence electrons. The maximum atomic E-state index is 10.6. The van der Waals surface area contributed by atoms with Crippen LogP contribution in [-0.2, 0) is 0 Å². The topological polar surface area (TPSA) is 80.4 Å². The molecule has 0 fully saturated rings. The Bertz CT molecular complexity index is 522. The van der Waals surface area contributed by atoms with Crippen molar-refractivity contribution < 1.29 is 9.90 Å². The van der Waals surface area contributed by atoms with Crippen LogP contribution in [0.5, 0.6) is 0 Å². The number of hydrogen-bond donors (Lipinski definition) is 1. The lowest BCUT2D eigenvalue weighted by Gasteiger charge is -1.96. The normalized spacial score (nSPS) is 10.6. The van der Waals surface area contributed by atoms with Gasteiger partial charge in [0.05, 0.1) is 0 Å². The predicted octanol–water partition coefficient (Wildman–Crippen LogP) is 0.687. The number of fused-ring (bicyclic) bond motifs is 1. The van der Waals surface area contributed by atoms with Gasteiger partial charge in [-0.25, -0.2) is 9.78 Å². The van der Waals surface area contributed by atoms with E-state index in [4.69, 9.17) is 17.7 Å². The molecule has 2 aromatic heterocycles. The summed E-state index contributed by atoms with van der Waals surface area (Å²) in [6, 6.07) is 1.28. The van der Waals surface area contributed by atoms with Crippen molar-refractivity contribution in [2.75, 3.05) is 0 Å². The summed E-state index contributed by atoms with van der Waals surface area (Å²) < 4.78 is 1.33. The lowest BCUT2D eigenvalue weighted by Crippen LogP contribution is -2.04. The number of carboxylic acids is 1. The van der Waals surface area contributed by atoms with Gasteiger partial charge in [0.15, 0.2) is 5.69 Å². The number of aromatic carboxylic acids is 1. The molecule has 0 unspecified atom stereocenters. The van der Waals surface area contributed by atoms with E-state index < -0.39 is 5.97 Å². The number of nitrogens with zero attached hydrogens (tertiary/aromatic N) is 4. The predicted molar refractivity (Wildman–Crippen MR) is 48.3 cm³/mol. The van der Waals surface area contributed by atoms with Gasteiger partial charge in [-0.1, -0.05) is 12.6 Å². The van der Waals surface area contributed by atoms with Crippen molar-refractivity contribution in [3.8, 4) is 0 Å². The van der Waals surface area contributed by atoms with E-state index in [2.05, 4.69) is 15.1 Å². The molecular formula is C7H5N4O2S. The smallest absolute Gasteiger partial charge is 0.354 e. The first-order chi connectivity index (χ1) is 6.58. The maximum Gasteiger partial charge on any atom is 0.354 e. The Kier molecular flexibility index (Phi) is 1.81. The number of aryl methyl sites for hydroxylation is 1. The van der Waals surface area contributed by atoms with Crippen LogP contribution in [0, 0.1) is 6.92 Å². The molecule has 2 heterocycles. The van der Waals surface area contributed by atoms with Gasteiger partial charge in [-0.15, -0.1) is 5.10 Å². The van der Waals surface area contributed by atoms with Crippen LogP contribution in [0.4, 0.5) is 0 Å². The molecule has 14 heavy (non-hydrogen) atoms. The van der Waals surface area contributed by atoms with Crippen LogP contribution in [0.15, 0.2) is 11.1 Å². The summed E-state index contributed by atoms with van der Waals surface area (Å²) in [4.78, 5) is 18.3. The van der Waals surface area contributed by atoms with E-state index in [1.807, 2.05) is 0 Å². The Morgan fingerprint density at radius 2 is 2.29 bits per heavy atom. The van der Waals surface area contributed by atoms with E-state index in [-0.39, 0.29) is 16.5 Å². The third kappa shape index (κ3) is 1.27. The van der Waals surface area contributed by atoms with Gasteiger partial charge >= 0.3 is 5.97 Å². The molecule has 0 atom stereocenters. The summed E-state index contributed by atoms with van der Waals surface area (Å²) in [5, 5.41) is 13.0. The zero-order valence-electron chi connectivity index (χ0n) is 7.13. The fraction of sp³-hybridized carbons (Fsp3) is 0.143. The van der Waals surface area contributed by atoms with Gasteiger partial charge in [0.25, 0.3) is 5.78 Å². The minimum Gasteiger partial charge on any atom is -0.477 e. The first kappa shape index (κ1) is 8.82. The van der Waals surface area contributed by atoms with Gasteiger partial charge < -0.3 is 5.11 Å². The SMILES string of the molecule is Cc1nc2nc(C(=O)O)cc([S])n2n1. The summed E-state index contributed by atoms with van der Waals surface area (Å²) >= 11 is 4.93. The zero-order valence-corrected chi connectivity index (χ0v) is 7.95. The minimum atomic E-state index is -1.13. The Morgan fingerprint density at radius 1 is 1.57 bits per heavy atom. The van der Waals surface area contributed by atoms with E-state index in [0.29, 0.717) is 5.82 Å². The second-order valence-electron chi connectivity index (χ2n) is 2.66. The van der Waals surface area contributed by atoms with Crippen molar-refractivity contribution in [1.82, 2.24) is 19.6 Å². The molecule has 0 saturated heterocycles. The molecule has 0 aliphatic rings. The molecular weight excluding hydrogens is 204 g/mol. The monoisotopic (exact) mass is 209 g/mol. The summed E-state index contributed by atoms with van der Waals surface area (Å²) in [5.41, 5.74) is -0.116. The summed E-state index contributed by atoms with van der Waals surface area (Å²) in [6.45, 7) is 1.68. The van der Waals surface area contributed by atoms with Crippen LogP contribution in [0.3, 0.4) is 0 Å². The molecule has 0 aromatic carbocycles. The molecule has 7 heteroatoms. The third-order valence-electron chi connectivity index (χ3n) is 1.60. The fourth-order valence-electron chi connectivity index (χ4n) is 1.05. The summed E-state index contributed by atoms with van der Waals surface area (Å²) in [7, 11) is 0. The quantitative estimate of drug-likeness (QED) is 0.699. The van der Waals surface area contributed by atoms with Crippen LogP contribution >= 0.6 is 12.6 Å². The van der Waals surface area contributed by atoms with Crippen molar-refractivity contribution in [3.63, 3.8) is 0 Å². The minimum absolute atomic E-state index is 0.116. The second kappa shape index (κ2) is 2.88. The van der Waals surface area contributed by atoms with Gasteiger partial charge in [-0.2, -0.15) is 9.50 Å². The Morgan fingerprint density at radius 3 is 2.93 bits per heavy atom. The lowest BCUT2D eigenvalue weighted by atomic mass is 10.4. The molecule has 1 radical (unpaired) electrons. The largest absolute Gasteiger partial charge is 0.477 e. The molecule has 0 amide bonds.